The third kappa shape index (κ3) is 1.74. The van der Waals surface area contributed by atoms with Crippen LogP contribution in [-0.2, 0) is 4.74 Å². The van der Waals surface area contributed by atoms with Crippen molar-refractivity contribution in [3.63, 3.8) is 0 Å². The molecule has 3 aliphatic rings. The predicted octanol–water partition coefficient (Wildman–Crippen LogP) is 1.38. The third-order valence-electron chi connectivity index (χ3n) is 4.39. The molecule has 3 rings (SSSR count). The fourth-order valence-electron chi connectivity index (χ4n) is 3.56. The van der Waals surface area contributed by atoms with E-state index in [1.165, 1.54) is 32.1 Å². The monoisotopic (exact) mass is 224 g/mol. The van der Waals surface area contributed by atoms with Gasteiger partial charge in [-0.2, -0.15) is 0 Å². The number of oxime groups is 1. The Hall–Kier alpha value is -0.610. The highest BCUT2D eigenvalue weighted by atomic mass is 16.5. The van der Waals surface area contributed by atoms with Crippen LogP contribution in [0.25, 0.3) is 0 Å². The molecule has 90 valence electrons. The molecular weight excluding hydrogens is 204 g/mol. The molecule has 2 saturated carbocycles. The van der Waals surface area contributed by atoms with Crippen molar-refractivity contribution in [2.75, 3.05) is 13.2 Å². The number of fused-ring (bicyclic) bond motifs is 2. The van der Waals surface area contributed by atoms with Gasteiger partial charge in [0, 0.05) is 19.1 Å². The summed E-state index contributed by atoms with van der Waals surface area (Å²) >= 11 is 0. The van der Waals surface area contributed by atoms with E-state index in [0.29, 0.717) is 24.0 Å². The molecule has 2 N–H and O–H groups in total. The normalized spacial score (nSPS) is 44.6. The van der Waals surface area contributed by atoms with Crippen molar-refractivity contribution in [3.8, 4) is 0 Å². The highest BCUT2D eigenvalue weighted by Crippen LogP contribution is 2.42. The lowest BCUT2D eigenvalue weighted by molar-refractivity contribution is 0.107. The Kier molecular flexibility index (Phi) is 2.86. The molecule has 2 aliphatic carbocycles. The van der Waals surface area contributed by atoms with Crippen molar-refractivity contribution in [3.05, 3.63) is 0 Å². The zero-order chi connectivity index (χ0) is 11.0. The molecule has 1 aliphatic heterocycles. The van der Waals surface area contributed by atoms with Crippen LogP contribution in [0.2, 0.25) is 0 Å². The first-order valence-electron chi connectivity index (χ1n) is 6.45. The Balaban J connectivity index is 1.57. The van der Waals surface area contributed by atoms with Gasteiger partial charge < -0.3 is 15.3 Å². The molecule has 0 amide bonds. The Morgan fingerprint density at radius 2 is 2.31 bits per heavy atom. The predicted molar refractivity (Wildman–Crippen MR) is 60.8 cm³/mol. The summed E-state index contributed by atoms with van der Waals surface area (Å²) in [5.41, 5.74) is 0.995. The second-order valence-corrected chi connectivity index (χ2v) is 5.32. The summed E-state index contributed by atoms with van der Waals surface area (Å²) in [5.74, 6) is 1.23. The second-order valence-electron chi connectivity index (χ2n) is 5.32. The third-order valence-corrected chi connectivity index (χ3v) is 4.39. The molecule has 4 heteroatoms. The molecule has 0 aromatic heterocycles. The summed E-state index contributed by atoms with van der Waals surface area (Å²) in [6, 6.07) is 0.313. The number of rotatable bonds is 3. The molecule has 0 aromatic carbocycles. The minimum absolute atomic E-state index is 0.313. The summed E-state index contributed by atoms with van der Waals surface area (Å²) in [5, 5.41) is 16.1. The maximum absolute atomic E-state index is 9.07. The smallest absolute Gasteiger partial charge is 0.0773 e. The van der Waals surface area contributed by atoms with Gasteiger partial charge in [0.05, 0.1) is 17.9 Å². The Labute approximate surface area is 96.0 Å². The SMILES string of the molecule is O/N=C1\[C@H]2CC[C@H](C2)[C@@H]1NC[C@@H]1CCCO1. The molecule has 0 radical (unpaired) electrons. The van der Waals surface area contributed by atoms with Crippen LogP contribution in [0.5, 0.6) is 0 Å². The van der Waals surface area contributed by atoms with E-state index < -0.39 is 0 Å². The largest absolute Gasteiger partial charge is 0.411 e. The number of hydrogen-bond donors (Lipinski definition) is 2. The fourth-order valence-corrected chi connectivity index (χ4v) is 3.56. The first-order valence-corrected chi connectivity index (χ1v) is 6.45. The topological polar surface area (TPSA) is 53.9 Å². The van der Waals surface area contributed by atoms with Gasteiger partial charge in [-0.15, -0.1) is 0 Å². The van der Waals surface area contributed by atoms with E-state index in [1.807, 2.05) is 0 Å². The molecule has 0 aromatic rings. The van der Waals surface area contributed by atoms with Crippen molar-refractivity contribution in [2.24, 2.45) is 17.0 Å². The Morgan fingerprint density at radius 1 is 1.38 bits per heavy atom. The summed E-state index contributed by atoms with van der Waals surface area (Å²) in [6.07, 6.45) is 6.43. The molecule has 0 unspecified atom stereocenters. The lowest BCUT2D eigenvalue weighted by Crippen LogP contribution is -2.44. The molecule has 16 heavy (non-hydrogen) atoms. The van der Waals surface area contributed by atoms with Gasteiger partial charge in [-0.05, 0) is 38.0 Å². The minimum atomic E-state index is 0.313. The molecule has 4 nitrogen and oxygen atoms in total. The van der Waals surface area contributed by atoms with E-state index in [0.717, 1.165) is 18.9 Å². The van der Waals surface area contributed by atoms with Crippen LogP contribution in [0.3, 0.4) is 0 Å². The van der Waals surface area contributed by atoms with Gasteiger partial charge in [0.1, 0.15) is 0 Å². The van der Waals surface area contributed by atoms with E-state index in [9.17, 15) is 0 Å². The summed E-state index contributed by atoms with van der Waals surface area (Å²) in [6.45, 7) is 1.82. The van der Waals surface area contributed by atoms with Crippen molar-refractivity contribution in [1.82, 2.24) is 5.32 Å². The average Bonchev–Trinajstić information content (AvgIpc) is 3.01. The van der Waals surface area contributed by atoms with Gasteiger partial charge >= 0.3 is 0 Å². The number of nitrogens with zero attached hydrogens (tertiary/aromatic N) is 1. The van der Waals surface area contributed by atoms with Crippen LogP contribution in [-0.4, -0.2) is 36.2 Å². The van der Waals surface area contributed by atoms with Crippen LogP contribution in [0.1, 0.15) is 32.1 Å². The van der Waals surface area contributed by atoms with Crippen LogP contribution < -0.4 is 5.32 Å². The summed E-state index contributed by atoms with van der Waals surface area (Å²) in [4.78, 5) is 0. The molecule has 4 atom stereocenters. The van der Waals surface area contributed by atoms with E-state index in [4.69, 9.17) is 9.94 Å². The van der Waals surface area contributed by atoms with E-state index >= 15 is 0 Å². The maximum Gasteiger partial charge on any atom is 0.0773 e. The quantitative estimate of drug-likeness (QED) is 0.562. The van der Waals surface area contributed by atoms with Gasteiger partial charge in [-0.3, -0.25) is 0 Å². The zero-order valence-electron chi connectivity index (χ0n) is 9.56. The minimum Gasteiger partial charge on any atom is -0.411 e. The first-order chi connectivity index (χ1) is 7.88. The summed E-state index contributed by atoms with van der Waals surface area (Å²) in [7, 11) is 0. The summed E-state index contributed by atoms with van der Waals surface area (Å²) < 4.78 is 5.60. The highest BCUT2D eigenvalue weighted by molar-refractivity contribution is 5.94. The Bertz CT molecular complexity index is 287. The average molecular weight is 224 g/mol. The molecule has 1 saturated heterocycles. The van der Waals surface area contributed by atoms with Crippen LogP contribution in [0, 0.1) is 11.8 Å². The number of nitrogens with one attached hydrogen (secondary N) is 1. The molecule has 3 fully saturated rings. The standard InChI is InChI=1S/C12H20N2O2/c15-14-12-9-4-3-8(6-9)11(12)13-7-10-2-1-5-16-10/h8-11,13,15H,1-7H2/b14-12+/t8-,9+,10+,11+/m1/s1. The van der Waals surface area contributed by atoms with Gasteiger partial charge in [0.25, 0.3) is 0 Å². The molecule has 0 spiro atoms. The molecule has 2 bridgehead atoms. The van der Waals surface area contributed by atoms with Gasteiger partial charge in [-0.1, -0.05) is 5.16 Å². The Morgan fingerprint density at radius 3 is 3.06 bits per heavy atom. The maximum atomic E-state index is 9.07. The van der Waals surface area contributed by atoms with Crippen LogP contribution in [0.15, 0.2) is 5.16 Å². The van der Waals surface area contributed by atoms with E-state index in [-0.39, 0.29) is 0 Å². The van der Waals surface area contributed by atoms with E-state index in [1.54, 1.807) is 0 Å². The first kappa shape index (κ1) is 10.5. The lowest BCUT2D eigenvalue weighted by atomic mass is 9.93. The fraction of sp³-hybridized carbons (Fsp3) is 0.917. The van der Waals surface area contributed by atoms with Gasteiger partial charge in [0.2, 0.25) is 0 Å². The highest BCUT2D eigenvalue weighted by Gasteiger charge is 2.45. The van der Waals surface area contributed by atoms with Crippen LogP contribution in [0.4, 0.5) is 0 Å². The molecular formula is C12H20N2O2. The number of ether oxygens (including phenoxy) is 1. The van der Waals surface area contributed by atoms with Crippen molar-refractivity contribution in [1.29, 1.82) is 0 Å². The second kappa shape index (κ2) is 4.34. The van der Waals surface area contributed by atoms with Crippen molar-refractivity contribution < 1.29 is 9.94 Å². The van der Waals surface area contributed by atoms with E-state index in [2.05, 4.69) is 10.5 Å². The lowest BCUT2D eigenvalue weighted by Gasteiger charge is -2.25. The van der Waals surface area contributed by atoms with Gasteiger partial charge in [0.15, 0.2) is 0 Å². The van der Waals surface area contributed by atoms with Gasteiger partial charge in [-0.25, -0.2) is 0 Å². The van der Waals surface area contributed by atoms with Crippen molar-refractivity contribution >= 4 is 5.71 Å². The zero-order valence-corrected chi connectivity index (χ0v) is 9.56. The van der Waals surface area contributed by atoms with Crippen LogP contribution >= 0.6 is 0 Å². The number of hydrogen-bond acceptors (Lipinski definition) is 4. The molecule has 1 heterocycles. The van der Waals surface area contributed by atoms with Crippen molar-refractivity contribution in [2.45, 2.75) is 44.2 Å².